The van der Waals surface area contributed by atoms with Crippen molar-refractivity contribution in [2.75, 3.05) is 13.1 Å². The summed E-state index contributed by atoms with van der Waals surface area (Å²) in [6, 6.07) is 0. The monoisotopic (exact) mass is 173 g/mol. The van der Waals surface area contributed by atoms with Gasteiger partial charge in [-0.05, 0) is 0 Å². The zero-order valence-corrected chi connectivity index (χ0v) is 6.13. The number of β-amino-alcohol motifs (C(OH)–C–C–N with tert-alkyl or cyclic N) is 1. The molecule has 0 radical (unpaired) electrons. The summed E-state index contributed by atoms with van der Waals surface area (Å²) in [6.07, 6.45) is -1.28. The molecule has 2 N–H and O–H groups in total. The van der Waals surface area contributed by atoms with Gasteiger partial charge >= 0.3 is 0 Å². The maximum absolute atomic E-state index is 12.2. The SMILES string of the molecule is Cl.OC1CNCC(F)(F)C1. The number of piperidine rings is 1. The van der Waals surface area contributed by atoms with Crippen LogP contribution in [0, 0.1) is 0 Å². The molecule has 1 heterocycles. The number of hydrogen-bond donors (Lipinski definition) is 2. The first kappa shape index (κ1) is 10.1. The van der Waals surface area contributed by atoms with Crippen molar-refractivity contribution in [2.24, 2.45) is 0 Å². The molecule has 0 bridgehead atoms. The molecule has 5 heteroatoms. The van der Waals surface area contributed by atoms with Crippen LogP contribution in [0.4, 0.5) is 8.78 Å². The summed E-state index contributed by atoms with van der Waals surface area (Å²) in [6.45, 7) is -0.0142. The highest BCUT2D eigenvalue weighted by atomic mass is 35.5. The average molecular weight is 174 g/mol. The van der Waals surface area contributed by atoms with Crippen LogP contribution in [0.5, 0.6) is 0 Å². The normalized spacial score (nSPS) is 30.9. The topological polar surface area (TPSA) is 32.3 Å². The lowest BCUT2D eigenvalue weighted by molar-refractivity contribution is -0.0630. The number of hydrogen-bond acceptors (Lipinski definition) is 2. The number of halogens is 3. The second kappa shape index (κ2) is 3.46. The Hall–Kier alpha value is 0.0700. The van der Waals surface area contributed by atoms with E-state index in [-0.39, 0.29) is 25.5 Å². The summed E-state index contributed by atoms with van der Waals surface area (Å²) >= 11 is 0. The molecule has 0 aromatic heterocycles. The molecule has 1 aliphatic heterocycles. The van der Waals surface area contributed by atoms with Gasteiger partial charge in [0, 0.05) is 13.0 Å². The van der Waals surface area contributed by atoms with E-state index in [1.807, 2.05) is 0 Å². The van der Waals surface area contributed by atoms with Gasteiger partial charge in [0.25, 0.3) is 5.92 Å². The number of rotatable bonds is 0. The van der Waals surface area contributed by atoms with Crippen molar-refractivity contribution in [1.29, 1.82) is 0 Å². The van der Waals surface area contributed by atoms with Crippen molar-refractivity contribution in [3.63, 3.8) is 0 Å². The van der Waals surface area contributed by atoms with E-state index in [4.69, 9.17) is 5.11 Å². The lowest BCUT2D eigenvalue weighted by Gasteiger charge is -2.26. The summed E-state index contributed by atoms with van der Waals surface area (Å²) in [4.78, 5) is 0. The van der Waals surface area contributed by atoms with E-state index in [0.717, 1.165) is 0 Å². The number of alkyl halides is 2. The third kappa shape index (κ3) is 2.77. The van der Waals surface area contributed by atoms with E-state index in [2.05, 4.69) is 5.32 Å². The van der Waals surface area contributed by atoms with Crippen LogP contribution in [0.2, 0.25) is 0 Å². The Labute approximate surface area is 64.0 Å². The van der Waals surface area contributed by atoms with Crippen molar-refractivity contribution in [3.8, 4) is 0 Å². The van der Waals surface area contributed by atoms with Gasteiger partial charge in [-0.25, -0.2) is 8.78 Å². The zero-order valence-electron chi connectivity index (χ0n) is 5.31. The zero-order chi connectivity index (χ0) is 6.91. The van der Waals surface area contributed by atoms with Gasteiger partial charge in [-0.15, -0.1) is 12.4 Å². The van der Waals surface area contributed by atoms with Crippen LogP contribution in [-0.4, -0.2) is 30.2 Å². The molecule has 2 nitrogen and oxygen atoms in total. The summed E-state index contributed by atoms with van der Waals surface area (Å²) in [5.41, 5.74) is 0. The van der Waals surface area contributed by atoms with Gasteiger partial charge < -0.3 is 10.4 Å². The first-order valence-electron chi connectivity index (χ1n) is 2.87. The molecule has 62 valence electrons. The molecular weight excluding hydrogens is 164 g/mol. The Kier molecular flexibility index (Phi) is 3.48. The van der Waals surface area contributed by atoms with Crippen LogP contribution in [-0.2, 0) is 0 Å². The van der Waals surface area contributed by atoms with Gasteiger partial charge in [0.1, 0.15) is 0 Å². The number of nitrogens with one attached hydrogen (secondary N) is 1. The molecule has 1 unspecified atom stereocenters. The van der Waals surface area contributed by atoms with Crippen molar-refractivity contribution in [3.05, 3.63) is 0 Å². The van der Waals surface area contributed by atoms with Gasteiger partial charge in [-0.2, -0.15) is 0 Å². The van der Waals surface area contributed by atoms with Gasteiger partial charge in [-0.1, -0.05) is 0 Å². The summed E-state index contributed by atoms with van der Waals surface area (Å²) in [5.74, 6) is -2.71. The quantitative estimate of drug-likeness (QED) is 0.556. The van der Waals surface area contributed by atoms with Crippen LogP contribution < -0.4 is 5.32 Å². The van der Waals surface area contributed by atoms with E-state index in [1.54, 1.807) is 0 Å². The fourth-order valence-electron chi connectivity index (χ4n) is 0.911. The van der Waals surface area contributed by atoms with E-state index in [1.165, 1.54) is 0 Å². The van der Waals surface area contributed by atoms with E-state index in [9.17, 15) is 8.78 Å². The summed E-state index contributed by atoms with van der Waals surface area (Å²) < 4.78 is 24.5. The highest BCUT2D eigenvalue weighted by Gasteiger charge is 2.35. The van der Waals surface area contributed by atoms with Gasteiger partial charge in [0.05, 0.1) is 12.6 Å². The minimum absolute atomic E-state index is 0. The van der Waals surface area contributed by atoms with Crippen molar-refractivity contribution in [2.45, 2.75) is 18.4 Å². The third-order valence-corrected chi connectivity index (χ3v) is 1.30. The van der Waals surface area contributed by atoms with Crippen LogP contribution >= 0.6 is 12.4 Å². The van der Waals surface area contributed by atoms with Gasteiger partial charge in [0.15, 0.2) is 0 Å². The lowest BCUT2D eigenvalue weighted by atomic mass is 10.1. The predicted molar refractivity (Wildman–Crippen MR) is 35.7 cm³/mol. The minimum Gasteiger partial charge on any atom is -0.392 e. The number of aliphatic hydroxyl groups excluding tert-OH is 1. The van der Waals surface area contributed by atoms with E-state index < -0.39 is 18.4 Å². The second-order valence-electron chi connectivity index (χ2n) is 2.34. The maximum Gasteiger partial charge on any atom is 0.262 e. The molecule has 0 saturated carbocycles. The molecule has 10 heavy (non-hydrogen) atoms. The van der Waals surface area contributed by atoms with Crippen LogP contribution in [0.15, 0.2) is 0 Å². The Morgan fingerprint density at radius 2 is 2.10 bits per heavy atom. The first-order chi connectivity index (χ1) is 4.10. The first-order valence-corrected chi connectivity index (χ1v) is 2.87. The molecular formula is C5H10ClF2NO. The molecule has 0 spiro atoms. The standard InChI is InChI=1S/C5H9F2NO.ClH/c6-5(7)1-4(9)2-8-3-5;/h4,8-9H,1-3H2;1H. The highest BCUT2D eigenvalue weighted by molar-refractivity contribution is 5.85. The molecule has 0 aromatic carbocycles. The Morgan fingerprint density at radius 3 is 2.40 bits per heavy atom. The number of aliphatic hydroxyl groups is 1. The average Bonchev–Trinajstić information content (AvgIpc) is 1.60. The third-order valence-electron chi connectivity index (χ3n) is 1.30. The lowest BCUT2D eigenvalue weighted by Crippen LogP contribution is -2.46. The smallest absolute Gasteiger partial charge is 0.262 e. The predicted octanol–water partition coefficient (Wildman–Crippen LogP) is 0.398. The Balaban J connectivity index is 0.000000810. The Bertz CT molecular complexity index is 112. The maximum atomic E-state index is 12.2. The van der Waals surface area contributed by atoms with Crippen LogP contribution in [0.3, 0.4) is 0 Å². The fraction of sp³-hybridized carbons (Fsp3) is 1.00. The highest BCUT2D eigenvalue weighted by Crippen LogP contribution is 2.21. The molecule has 1 saturated heterocycles. The van der Waals surface area contributed by atoms with E-state index in [0.29, 0.717) is 0 Å². The molecule has 0 aromatic rings. The van der Waals surface area contributed by atoms with E-state index >= 15 is 0 Å². The molecule has 1 fully saturated rings. The van der Waals surface area contributed by atoms with Crippen molar-refractivity contribution < 1.29 is 13.9 Å². The summed E-state index contributed by atoms with van der Waals surface area (Å²) in [7, 11) is 0. The molecule has 1 atom stereocenters. The second-order valence-corrected chi connectivity index (χ2v) is 2.34. The van der Waals surface area contributed by atoms with Crippen LogP contribution in [0.1, 0.15) is 6.42 Å². The molecule has 0 amide bonds. The van der Waals surface area contributed by atoms with Gasteiger partial charge in [-0.3, -0.25) is 0 Å². The molecule has 0 aliphatic carbocycles. The van der Waals surface area contributed by atoms with Crippen molar-refractivity contribution >= 4 is 12.4 Å². The molecule has 1 rings (SSSR count). The Morgan fingerprint density at radius 1 is 1.50 bits per heavy atom. The fourth-order valence-corrected chi connectivity index (χ4v) is 0.911. The van der Waals surface area contributed by atoms with Crippen molar-refractivity contribution in [1.82, 2.24) is 5.32 Å². The molecule has 1 aliphatic rings. The minimum atomic E-state index is -2.71. The van der Waals surface area contributed by atoms with Crippen LogP contribution in [0.25, 0.3) is 0 Å². The largest absolute Gasteiger partial charge is 0.392 e. The van der Waals surface area contributed by atoms with Gasteiger partial charge in [0.2, 0.25) is 0 Å². The summed E-state index contributed by atoms with van der Waals surface area (Å²) in [5, 5.41) is 11.1.